The summed E-state index contributed by atoms with van der Waals surface area (Å²) >= 11 is 1.43. The van der Waals surface area contributed by atoms with Crippen molar-refractivity contribution >= 4 is 40.1 Å². The third kappa shape index (κ3) is 3.73. The van der Waals surface area contributed by atoms with Gasteiger partial charge in [0.2, 0.25) is 5.91 Å². The van der Waals surface area contributed by atoms with Crippen molar-refractivity contribution in [3.8, 4) is 5.69 Å². The normalized spacial score (nSPS) is 14.8. The van der Waals surface area contributed by atoms with E-state index < -0.39 is 4.92 Å². The van der Waals surface area contributed by atoms with Crippen LogP contribution in [0.5, 0.6) is 0 Å². The maximum atomic E-state index is 13.3. The fourth-order valence-corrected chi connectivity index (χ4v) is 5.21. The number of benzene rings is 2. The van der Waals surface area contributed by atoms with E-state index in [1.807, 2.05) is 31.2 Å². The number of fused-ring (bicyclic) bond motifs is 2. The van der Waals surface area contributed by atoms with Gasteiger partial charge in [-0.15, -0.1) is 0 Å². The maximum absolute atomic E-state index is 13.3. The van der Waals surface area contributed by atoms with Crippen molar-refractivity contribution in [3.63, 3.8) is 0 Å². The van der Waals surface area contributed by atoms with Crippen LogP contribution < -0.4 is 10.9 Å². The summed E-state index contributed by atoms with van der Waals surface area (Å²) in [6.07, 6.45) is 1.60. The Hall–Kier alpha value is -3.99. The molecule has 10 nitrogen and oxygen atoms in total. The van der Waals surface area contributed by atoms with Gasteiger partial charge in [-0.25, -0.2) is 9.67 Å². The van der Waals surface area contributed by atoms with Gasteiger partial charge in [-0.1, -0.05) is 30.0 Å². The fourth-order valence-electron chi connectivity index (χ4n) is 4.08. The van der Waals surface area contributed by atoms with Gasteiger partial charge in [0.15, 0.2) is 10.8 Å². The molecule has 1 N–H and O–H groups in total. The number of anilines is 1. The number of hydrogen-bond donors (Lipinski definition) is 1. The predicted molar refractivity (Wildman–Crippen MR) is 129 cm³/mol. The van der Waals surface area contributed by atoms with E-state index >= 15 is 0 Å². The first kappa shape index (κ1) is 21.8. The summed E-state index contributed by atoms with van der Waals surface area (Å²) in [5, 5.41) is 19.1. The molecule has 0 saturated carbocycles. The van der Waals surface area contributed by atoms with E-state index in [2.05, 4.69) is 10.4 Å². The van der Waals surface area contributed by atoms with Gasteiger partial charge in [-0.05, 0) is 37.1 Å². The number of nitrogens with zero attached hydrogens (tertiary/aromatic N) is 5. The van der Waals surface area contributed by atoms with Crippen LogP contribution in [0.1, 0.15) is 23.6 Å². The van der Waals surface area contributed by atoms with E-state index in [9.17, 15) is 19.7 Å². The summed E-state index contributed by atoms with van der Waals surface area (Å²) in [4.78, 5) is 41.2. The molecule has 4 aromatic rings. The van der Waals surface area contributed by atoms with Crippen molar-refractivity contribution in [2.75, 3.05) is 11.1 Å². The molecule has 0 fully saturated rings. The quantitative estimate of drug-likeness (QED) is 0.264. The lowest BCUT2D eigenvalue weighted by Gasteiger charge is -2.14. The van der Waals surface area contributed by atoms with Crippen LogP contribution in [-0.2, 0) is 4.79 Å². The Labute approximate surface area is 197 Å². The number of hydrogen-bond acceptors (Lipinski definition) is 7. The molecule has 34 heavy (non-hydrogen) atoms. The average molecular weight is 477 g/mol. The van der Waals surface area contributed by atoms with E-state index in [-0.39, 0.29) is 29.6 Å². The first-order valence-corrected chi connectivity index (χ1v) is 11.6. The van der Waals surface area contributed by atoms with E-state index in [0.29, 0.717) is 33.2 Å². The summed E-state index contributed by atoms with van der Waals surface area (Å²) in [5.41, 5.74) is 3.18. The number of nitrogens with one attached hydrogen (secondary N) is 1. The topological polar surface area (TPSA) is 125 Å². The first-order valence-electron chi connectivity index (χ1n) is 10.6. The minimum Gasteiger partial charge on any atom is -0.326 e. The Kier molecular flexibility index (Phi) is 5.40. The Morgan fingerprint density at radius 1 is 1.24 bits per heavy atom. The number of nitro benzene ring substituents is 1. The number of amides is 1. The second-order valence-electron chi connectivity index (χ2n) is 8.12. The molecule has 0 aliphatic carbocycles. The zero-order valence-electron chi connectivity index (χ0n) is 18.4. The van der Waals surface area contributed by atoms with E-state index in [0.717, 1.165) is 11.3 Å². The number of carbonyl (C=O) groups is 1. The molecule has 11 heteroatoms. The van der Waals surface area contributed by atoms with Crippen LogP contribution in [0.2, 0.25) is 0 Å². The Morgan fingerprint density at radius 2 is 2.03 bits per heavy atom. The van der Waals surface area contributed by atoms with E-state index in [4.69, 9.17) is 4.98 Å². The lowest BCUT2D eigenvalue weighted by atomic mass is 10.1. The third-order valence-electron chi connectivity index (χ3n) is 5.83. The Balaban J connectivity index is 1.42. The molecular formula is C23H20N6O4S. The van der Waals surface area contributed by atoms with Crippen LogP contribution in [0.3, 0.4) is 0 Å². The molecule has 5 rings (SSSR count). The number of non-ortho nitro benzene ring substituents is 1. The highest BCUT2D eigenvalue weighted by Gasteiger charge is 2.30. The zero-order valence-corrected chi connectivity index (χ0v) is 19.2. The number of rotatable bonds is 5. The molecule has 0 saturated heterocycles. The largest absolute Gasteiger partial charge is 0.326 e. The molecule has 1 unspecified atom stereocenters. The van der Waals surface area contributed by atoms with Crippen molar-refractivity contribution in [2.45, 2.75) is 31.5 Å². The van der Waals surface area contributed by atoms with Crippen molar-refractivity contribution in [1.82, 2.24) is 19.3 Å². The summed E-state index contributed by atoms with van der Waals surface area (Å²) in [6.45, 7) is 3.67. The number of thioether (sulfide) groups is 1. The number of carbonyl (C=O) groups excluding carboxylic acids is 1. The molecule has 3 heterocycles. The van der Waals surface area contributed by atoms with Crippen LogP contribution in [0, 0.1) is 24.0 Å². The molecule has 1 amide bonds. The first-order chi connectivity index (χ1) is 16.3. The number of aromatic nitrogens is 4. The van der Waals surface area contributed by atoms with Crippen molar-refractivity contribution < 1.29 is 9.72 Å². The van der Waals surface area contributed by atoms with Crippen LogP contribution in [-0.4, -0.2) is 35.9 Å². The minimum absolute atomic E-state index is 0.0375. The average Bonchev–Trinajstić information content (AvgIpc) is 3.40. The molecule has 1 aliphatic heterocycles. The standard InChI is InChI=1S/C23H20N6O4S/c1-13-5-3-4-6-19(13)28-21-17(11-24-28)22(31)27-16(12-34-23(27)26-21)10-20(30)25-18-8-7-15(29(32)33)9-14(18)2/h3-9,11,16H,10,12H2,1-2H3,(H,25,30). The second-order valence-corrected chi connectivity index (χ2v) is 9.11. The molecule has 0 bridgehead atoms. The molecule has 2 aromatic carbocycles. The molecule has 1 aliphatic rings. The lowest BCUT2D eigenvalue weighted by Crippen LogP contribution is -2.28. The minimum atomic E-state index is -0.479. The van der Waals surface area contributed by atoms with Gasteiger partial charge in [-0.2, -0.15) is 5.10 Å². The zero-order chi connectivity index (χ0) is 24.0. The lowest BCUT2D eigenvalue weighted by molar-refractivity contribution is -0.384. The third-order valence-corrected chi connectivity index (χ3v) is 6.93. The van der Waals surface area contributed by atoms with E-state index in [1.54, 1.807) is 16.2 Å². The highest BCUT2D eigenvalue weighted by Crippen LogP contribution is 2.34. The highest BCUT2D eigenvalue weighted by molar-refractivity contribution is 7.99. The maximum Gasteiger partial charge on any atom is 0.269 e. The summed E-state index contributed by atoms with van der Waals surface area (Å²) in [5.74, 6) is 0.261. The summed E-state index contributed by atoms with van der Waals surface area (Å²) in [7, 11) is 0. The number of aryl methyl sites for hydroxylation is 2. The van der Waals surface area contributed by atoms with Crippen molar-refractivity contribution in [2.24, 2.45) is 0 Å². The van der Waals surface area contributed by atoms with Gasteiger partial charge in [-0.3, -0.25) is 24.3 Å². The smallest absolute Gasteiger partial charge is 0.269 e. The van der Waals surface area contributed by atoms with Gasteiger partial charge in [0, 0.05) is 30.0 Å². The molecule has 0 spiro atoms. The fraction of sp³-hybridized carbons (Fsp3) is 0.217. The van der Waals surface area contributed by atoms with Gasteiger partial charge < -0.3 is 5.32 Å². The Morgan fingerprint density at radius 3 is 2.76 bits per heavy atom. The Bertz CT molecular complexity index is 1530. The highest BCUT2D eigenvalue weighted by atomic mass is 32.2. The van der Waals surface area contributed by atoms with Gasteiger partial charge >= 0.3 is 0 Å². The van der Waals surface area contributed by atoms with E-state index in [1.165, 1.54) is 36.2 Å². The second kappa shape index (κ2) is 8.41. The van der Waals surface area contributed by atoms with Gasteiger partial charge in [0.05, 0.1) is 22.8 Å². The van der Waals surface area contributed by atoms with Crippen molar-refractivity contribution in [1.29, 1.82) is 0 Å². The van der Waals surface area contributed by atoms with Crippen molar-refractivity contribution in [3.05, 3.63) is 80.3 Å². The number of nitro groups is 1. The number of para-hydroxylation sites is 1. The van der Waals surface area contributed by atoms with Gasteiger partial charge in [0.1, 0.15) is 5.39 Å². The molecule has 172 valence electrons. The summed E-state index contributed by atoms with van der Waals surface area (Å²) in [6, 6.07) is 11.7. The van der Waals surface area contributed by atoms with Crippen LogP contribution in [0.25, 0.3) is 16.7 Å². The van der Waals surface area contributed by atoms with Crippen LogP contribution in [0.4, 0.5) is 11.4 Å². The van der Waals surface area contributed by atoms with Gasteiger partial charge in [0.25, 0.3) is 11.2 Å². The molecule has 2 aromatic heterocycles. The molecule has 0 radical (unpaired) electrons. The SMILES string of the molecule is Cc1cc([N+](=O)[O-])ccc1NC(=O)CC1CSc2nc3c(cnn3-c3ccccc3C)c(=O)n21. The monoisotopic (exact) mass is 476 g/mol. The summed E-state index contributed by atoms with van der Waals surface area (Å²) < 4.78 is 3.24. The van der Waals surface area contributed by atoms with Crippen LogP contribution >= 0.6 is 11.8 Å². The predicted octanol–water partition coefficient (Wildman–Crippen LogP) is 3.78. The molecular weight excluding hydrogens is 456 g/mol. The molecule has 1 atom stereocenters. The van der Waals surface area contributed by atoms with Crippen LogP contribution in [0.15, 0.2) is 58.6 Å².